The summed E-state index contributed by atoms with van der Waals surface area (Å²) in [5.41, 5.74) is 2.58. The highest BCUT2D eigenvalue weighted by atomic mass is 32.2. The van der Waals surface area contributed by atoms with Gasteiger partial charge in [0.15, 0.2) is 0 Å². The van der Waals surface area contributed by atoms with Crippen molar-refractivity contribution in [3.8, 4) is 0 Å². The normalized spacial score (nSPS) is 12.1. The molecule has 1 heterocycles. The summed E-state index contributed by atoms with van der Waals surface area (Å²) in [4.78, 5) is 20.3. The van der Waals surface area contributed by atoms with E-state index in [-0.39, 0.29) is 11.9 Å². The third-order valence-corrected chi connectivity index (χ3v) is 4.38. The molecule has 0 aliphatic carbocycles. The molecule has 0 fully saturated rings. The van der Waals surface area contributed by atoms with Gasteiger partial charge in [0.2, 0.25) is 5.91 Å². The summed E-state index contributed by atoms with van der Waals surface area (Å²) >= 11 is 1.71. The van der Waals surface area contributed by atoms with E-state index in [0.29, 0.717) is 6.42 Å². The minimum atomic E-state index is -0.0841. The van der Waals surface area contributed by atoms with Crippen LogP contribution in [-0.2, 0) is 4.79 Å². The second kappa shape index (κ2) is 7.31. The molecule has 2 rings (SSSR count). The second-order valence-electron chi connectivity index (χ2n) is 5.11. The van der Waals surface area contributed by atoms with E-state index < -0.39 is 0 Å². The largest absolute Gasteiger partial charge is 0.347 e. The Hall–Kier alpha value is -1.75. The predicted octanol–water partition coefficient (Wildman–Crippen LogP) is 3.39. The van der Waals surface area contributed by atoms with Crippen molar-refractivity contribution >= 4 is 17.7 Å². The minimum Gasteiger partial charge on any atom is -0.347 e. The Morgan fingerprint density at radius 2 is 2.19 bits per heavy atom. The van der Waals surface area contributed by atoms with Crippen LogP contribution in [0.4, 0.5) is 0 Å². The molecular weight excluding hydrogens is 282 g/mol. The third-order valence-electron chi connectivity index (χ3n) is 3.38. The van der Waals surface area contributed by atoms with Crippen LogP contribution in [0.1, 0.15) is 36.3 Å². The predicted molar refractivity (Wildman–Crippen MR) is 86.4 cm³/mol. The van der Waals surface area contributed by atoms with Crippen molar-refractivity contribution in [3.63, 3.8) is 0 Å². The van der Waals surface area contributed by atoms with Crippen LogP contribution in [0, 0.1) is 13.8 Å². The quantitative estimate of drug-likeness (QED) is 0.804. The number of aryl methyl sites for hydroxylation is 2. The molecule has 1 aromatic heterocycles. The van der Waals surface area contributed by atoms with Crippen LogP contribution in [-0.4, -0.2) is 21.6 Å². The summed E-state index contributed by atoms with van der Waals surface area (Å²) in [5.74, 6) is 1.61. The van der Waals surface area contributed by atoms with Crippen molar-refractivity contribution < 1.29 is 4.79 Å². The number of nitrogens with zero attached hydrogens (tertiary/aromatic N) is 1. The zero-order valence-electron chi connectivity index (χ0n) is 12.6. The lowest BCUT2D eigenvalue weighted by molar-refractivity contribution is -0.121. The molecule has 0 saturated carbocycles. The molecule has 5 heteroatoms. The minimum absolute atomic E-state index is 0.0511. The van der Waals surface area contributed by atoms with E-state index in [0.717, 1.165) is 11.6 Å². The van der Waals surface area contributed by atoms with Crippen molar-refractivity contribution in [1.29, 1.82) is 0 Å². The van der Waals surface area contributed by atoms with Crippen LogP contribution in [0.5, 0.6) is 0 Å². The second-order valence-corrected chi connectivity index (χ2v) is 6.28. The SMILES string of the molecule is Cc1ccc(SCCC(=O)NC(C)c2ncc[nH]2)cc1C. The number of aromatic amines is 1. The van der Waals surface area contributed by atoms with Gasteiger partial charge in [0.05, 0.1) is 6.04 Å². The first-order chi connectivity index (χ1) is 10.1. The molecule has 21 heavy (non-hydrogen) atoms. The van der Waals surface area contributed by atoms with Gasteiger partial charge in [-0.1, -0.05) is 6.07 Å². The molecule has 1 atom stereocenters. The molecule has 1 aromatic carbocycles. The molecule has 112 valence electrons. The van der Waals surface area contributed by atoms with Crippen LogP contribution in [0.2, 0.25) is 0 Å². The third kappa shape index (κ3) is 4.63. The molecule has 1 amide bonds. The number of carbonyl (C=O) groups is 1. The number of hydrogen-bond acceptors (Lipinski definition) is 3. The number of rotatable bonds is 6. The fraction of sp³-hybridized carbons (Fsp3) is 0.375. The van der Waals surface area contributed by atoms with Gasteiger partial charge in [0.1, 0.15) is 5.82 Å². The van der Waals surface area contributed by atoms with Gasteiger partial charge in [-0.2, -0.15) is 0 Å². The zero-order chi connectivity index (χ0) is 15.2. The van der Waals surface area contributed by atoms with Crippen LogP contribution < -0.4 is 5.32 Å². The summed E-state index contributed by atoms with van der Waals surface area (Å²) < 4.78 is 0. The van der Waals surface area contributed by atoms with E-state index in [4.69, 9.17) is 0 Å². The lowest BCUT2D eigenvalue weighted by Gasteiger charge is -2.11. The van der Waals surface area contributed by atoms with Gasteiger partial charge in [-0.15, -0.1) is 11.8 Å². The van der Waals surface area contributed by atoms with E-state index in [1.807, 2.05) is 6.92 Å². The van der Waals surface area contributed by atoms with Crippen LogP contribution in [0.25, 0.3) is 0 Å². The number of imidazole rings is 1. The average molecular weight is 303 g/mol. The summed E-state index contributed by atoms with van der Waals surface area (Å²) in [7, 11) is 0. The zero-order valence-corrected chi connectivity index (χ0v) is 13.5. The first kappa shape index (κ1) is 15.6. The number of amides is 1. The lowest BCUT2D eigenvalue weighted by Crippen LogP contribution is -2.27. The van der Waals surface area contributed by atoms with Gasteiger partial charge < -0.3 is 10.3 Å². The molecular formula is C16H21N3OS. The van der Waals surface area contributed by atoms with Crippen LogP contribution in [0.15, 0.2) is 35.5 Å². The van der Waals surface area contributed by atoms with Crippen molar-refractivity contribution in [1.82, 2.24) is 15.3 Å². The lowest BCUT2D eigenvalue weighted by atomic mass is 10.1. The number of H-pyrrole nitrogens is 1. The summed E-state index contributed by atoms with van der Waals surface area (Å²) in [5, 5.41) is 2.94. The van der Waals surface area contributed by atoms with E-state index in [1.54, 1.807) is 24.2 Å². The summed E-state index contributed by atoms with van der Waals surface area (Å²) in [6.45, 7) is 6.14. The molecule has 0 bridgehead atoms. The van der Waals surface area contributed by atoms with Gasteiger partial charge in [-0.3, -0.25) is 4.79 Å². The monoisotopic (exact) mass is 303 g/mol. The Kier molecular flexibility index (Phi) is 5.44. The van der Waals surface area contributed by atoms with Gasteiger partial charge >= 0.3 is 0 Å². The standard InChI is InChI=1S/C16H21N3OS/c1-11-4-5-14(10-12(11)2)21-9-6-15(20)19-13(3)16-17-7-8-18-16/h4-5,7-8,10,13H,6,9H2,1-3H3,(H,17,18)(H,19,20). The Labute approximate surface area is 129 Å². The number of nitrogens with one attached hydrogen (secondary N) is 2. The van der Waals surface area contributed by atoms with E-state index in [2.05, 4.69) is 47.3 Å². The first-order valence-corrected chi connectivity index (χ1v) is 8.03. The summed E-state index contributed by atoms with van der Waals surface area (Å²) in [6.07, 6.45) is 3.95. The van der Waals surface area contributed by atoms with Crippen molar-refractivity contribution in [2.45, 2.75) is 38.1 Å². The molecule has 0 radical (unpaired) electrons. The van der Waals surface area contributed by atoms with Gasteiger partial charge in [0.25, 0.3) is 0 Å². The smallest absolute Gasteiger partial charge is 0.221 e. The maximum Gasteiger partial charge on any atom is 0.221 e. The van der Waals surface area contributed by atoms with Crippen LogP contribution in [0.3, 0.4) is 0 Å². The first-order valence-electron chi connectivity index (χ1n) is 7.05. The fourth-order valence-corrected chi connectivity index (χ4v) is 2.91. The molecule has 0 saturated heterocycles. The average Bonchev–Trinajstić information content (AvgIpc) is 2.97. The summed E-state index contributed by atoms with van der Waals surface area (Å²) in [6, 6.07) is 6.32. The van der Waals surface area contributed by atoms with Crippen molar-refractivity contribution in [2.24, 2.45) is 0 Å². The molecule has 2 N–H and O–H groups in total. The van der Waals surface area contributed by atoms with Crippen molar-refractivity contribution in [2.75, 3.05) is 5.75 Å². The fourth-order valence-electron chi connectivity index (χ4n) is 1.96. The number of benzene rings is 1. The molecule has 1 unspecified atom stereocenters. The Morgan fingerprint density at radius 3 is 2.86 bits per heavy atom. The van der Waals surface area contributed by atoms with Gasteiger partial charge in [-0.05, 0) is 44.0 Å². The Balaban J connectivity index is 1.75. The highest BCUT2D eigenvalue weighted by Crippen LogP contribution is 2.21. The van der Waals surface area contributed by atoms with Crippen LogP contribution >= 0.6 is 11.8 Å². The molecule has 0 aliphatic heterocycles. The molecule has 0 aliphatic rings. The maximum absolute atomic E-state index is 11.9. The van der Waals surface area contributed by atoms with Gasteiger partial charge in [-0.25, -0.2) is 4.98 Å². The van der Waals surface area contributed by atoms with Gasteiger partial charge in [0, 0.05) is 29.5 Å². The number of hydrogen-bond donors (Lipinski definition) is 2. The molecule has 2 aromatic rings. The van der Waals surface area contributed by atoms with Crippen molar-refractivity contribution in [3.05, 3.63) is 47.5 Å². The maximum atomic E-state index is 11.9. The Bertz CT molecular complexity index is 596. The highest BCUT2D eigenvalue weighted by Gasteiger charge is 2.11. The van der Waals surface area contributed by atoms with E-state index >= 15 is 0 Å². The van der Waals surface area contributed by atoms with E-state index in [1.165, 1.54) is 16.0 Å². The number of thioether (sulfide) groups is 1. The van der Waals surface area contributed by atoms with E-state index in [9.17, 15) is 4.79 Å². The molecule has 4 nitrogen and oxygen atoms in total. The molecule has 0 spiro atoms. The highest BCUT2D eigenvalue weighted by molar-refractivity contribution is 7.99. The number of aromatic nitrogens is 2. The topological polar surface area (TPSA) is 57.8 Å². The number of carbonyl (C=O) groups excluding carboxylic acids is 1. The Morgan fingerprint density at radius 1 is 1.38 bits per heavy atom.